The van der Waals surface area contributed by atoms with E-state index in [2.05, 4.69) is 34.6 Å². The molecule has 21 heavy (non-hydrogen) atoms. The number of rotatable bonds is 3. The second-order valence-electron chi connectivity index (χ2n) is 9.18. The average Bonchev–Trinajstić information content (AvgIpc) is 2.37. The summed E-state index contributed by atoms with van der Waals surface area (Å²) in [7, 11) is 0. The molecule has 2 atom stereocenters. The Balaban J connectivity index is 1.94. The highest BCUT2D eigenvalue weighted by molar-refractivity contribution is 4.93. The van der Waals surface area contributed by atoms with Gasteiger partial charge in [-0.3, -0.25) is 0 Å². The van der Waals surface area contributed by atoms with Crippen molar-refractivity contribution >= 4 is 0 Å². The Kier molecular flexibility index (Phi) is 5.41. The van der Waals surface area contributed by atoms with Crippen LogP contribution < -0.4 is 5.73 Å². The Morgan fingerprint density at radius 2 is 1.52 bits per heavy atom. The van der Waals surface area contributed by atoms with Gasteiger partial charge in [0.1, 0.15) is 0 Å². The molecule has 2 N–H and O–H groups in total. The standard InChI is InChI=1S/C19H37NO/c1-14-10-15(2)12-17(11-14)21-19(13-20)8-6-16(7-9-19)18(3,4)5/h14-17H,6-13,20H2,1-5H3. The van der Waals surface area contributed by atoms with Crippen molar-refractivity contribution in [3.05, 3.63) is 0 Å². The van der Waals surface area contributed by atoms with Gasteiger partial charge in [-0.1, -0.05) is 34.6 Å². The minimum atomic E-state index is -0.0246. The van der Waals surface area contributed by atoms with E-state index in [0.717, 1.165) is 30.6 Å². The zero-order valence-corrected chi connectivity index (χ0v) is 15.0. The van der Waals surface area contributed by atoms with Gasteiger partial charge in [-0.15, -0.1) is 0 Å². The molecule has 2 heteroatoms. The van der Waals surface area contributed by atoms with E-state index in [-0.39, 0.29) is 5.60 Å². The molecule has 2 fully saturated rings. The molecule has 0 aliphatic heterocycles. The fraction of sp³-hybridized carbons (Fsp3) is 1.00. The molecular formula is C19H37NO. The second kappa shape index (κ2) is 6.58. The molecule has 124 valence electrons. The second-order valence-corrected chi connectivity index (χ2v) is 9.18. The minimum Gasteiger partial charge on any atom is -0.370 e. The first-order valence-corrected chi connectivity index (χ1v) is 9.12. The lowest BCUT2D eigenvalue weighted by molar-refractivity contribution is -0.137. The van der Waals surface area contributed by atoms with E-state index in [1.807, 2.05) is 0 Å². The van der Waals surface area contributed by atoms with Crippen LogP contribution in [0, 0.1) is 23.2 Å². The summed E-state index contributed by atoms with van der Waals surface area (Å²) in [6.07, 6.45) is 9.14. The van der Waals surface area contributed by atoms with Gasteiger partial charge in [0.15, 0.2) is 0 Å². The van der Waals surface area contributed by atoms with E-state index in [4.69, 9.17) is 10.5 Å². The van der Waals surface area contributed by atoms with Gasteiger partial charge >= 0.3 is 0 Å². The van der Waals surface area contributed by atoms with Gasteiger partial charge in [0.2, 0.25) is 0 Å². The van der Waals surface area contributed by atoms with E-state index in [0.29, 0.717) is 18.1 Å². The summed E-state index contributed by atoms with van der Waals surface area (Å²) in [5, 5.41) is 0. The first kappa shape index (κ1) is 17.3. The topological polar surface area (TPSA) is 35.2 Å². The predicted molar refractivity (Wildman–Crippen MR) is 90.3 cm³/mol. The van der Waals surface area contributed by atoms with Crippen LogP contribution in [0.1, 0.15) is 79.6 Å². The minimum absolute atomic E-state index is 0.0246. The molecule has 2 aliphatic rings. The van der Waals surface area contributed by atoms with Crippen LogP contribution >= 0.6 is 0 Å². The Morgan fingerprint density at radius 1 is 1.00 bits per heavy atom. The summed E-state index contributed by atoms with van der Waals surface area (Å²) in [5.41, 5.74) is 6.55. The van der Waals surface area contributed by atoms with E-state index >= 15 is 0 Å². The van der Waals surface area contributed by atoms with Gasteiger partial charge in [-0.2, -0.15) is 0 Å². The summed E-state index contributed by atoms with van der Waals surface area (Å²) in [5.74, 6) is 2.43. The highest BCUT2D eigenvalue weighted by atomic mass is 16.5. The van der Waals surface area contributed by atoms with E-state index < -0.39 is 0 Å². The van der Waals surface area contributed by atoms with Gasteiger partial charge in [0.05, 0.1) is 11.7 Å². The van der Waals surface area contributed by atoms with Crippen LogP contribution in [0.25, 0.3) is 0 Å². The van der Waals surface area contributed by atoms with Gasteiger partial charge < -0.3 is 10.5 Å². The number of ether oxygens (including phenoxy) is 1. The summed E-state index contributed by atoms with van der Waals surface area (Å²) >= 11 is 0. The molecule has 0 saturated heterocycles. The van der Waals surface area contributed by atoms with Crippen molar-refractivity contribution in [3.8, 4) is 0 Å². The molecule has 0 spiro atoms. The van der Waals surface area contributed by atoms with Crippen LogP contribution in [0.15, 0.2) is 0 Å². The smallest absolute Gasteiger partial charge is 0.0808 e. The van der Waals surface area contributed by atoms with E-state index in [9.17, 15) is 0 Å². The molecule has 2 rings (SSSR count). The molecular weight excluding hydrogens is 258 g/mol. The van der Waals surface area contributed by atoms with Gasteiger partial charge in [0.25, 0.3) is 0 Å². The molecule has 2 unspecified atom stereocenters. The Bertz CT molecular complexity index is 315. The molecule has 0 aromatic rings. The normalized spacial score (nSPS) is 42.0. The predicted octanol–water partition coefficient (Wildman–Crippen LogP) is 4.76. The van der Waals surface area contributed by atoms with Crippen LogP contribution in [0.3, 0.4) is 0 Å². The quantitative estimate of drug-likeness (QED) is 0.814. The largest absolute Gasteiger partial charge is 0.370 e. The number of hydrogen-bond donors (Lipinski definition) is 1. The van der Waals surface area contributed by atoms with Crippen LogP contribution in [0.2, 0.25) is 0 Å². The van der Waals surface area contributed by atoms with Crippen molar-refractivity contribution in [3.63, 3.8) is 0 Å². The van der Waals surface area contributed by atoms with Crippen LogP contribution in [-0.4, -0.2) is 18.2 Å². The fourth-order valence-corrected chi connectivity index (χ4v) is 4.70. The lowest BCUT2D eigenvalue weighted by atomic mass is 9.68. The highest BCUT2D eigenvalue weighted by Crippen LogP contribution is 2.44. The van der Waals surface area contributed by atoms with Gasteiger partial charge in [-0.05, 0) is 68.1 Å². The van der Waals surface area contributed by atoms with E-state index in [1.165, 1.54) is 32.1 Å². The maximum Gasteiger partial charge on any atom is 0.0808 e. The molecule has 0 amide bonds. The SMILES string of the molecule is CC1CC(C)CC(OC2(CN)CCC(C(C)(C)C)CC2)C1. The Labute approximate surface area is 132 Å². The molecule has 0 bridgehead atoms. The first-order valence-electron chi connectivity index (χ1n) is 9.12. The molecule has 0 aromatic carbocycles. The average molecular weight is 296 g/mol. The maximum atomic E-state index is 6.65. The zero-order valence-electron chi connectivity index (χ0n) is 15.0. The van der Waals surface area contributed by atoms with Gasteiger partial charge in [0, 0.05) is 6.54 Å². The van der Waals surface area contributed by atoms with Crippen molar-refractivity contribution in [2.45, 2.75) is 91.3 Å². The summed E-state index contributed by atoms with van der Waals surface area (Å²) in [6, 6.07) is 0. The van der Waals surface area contributed by atoms with Crippen LogP contribution in [0.5, 0.6) is 0 Å². The van der Waals surface area contributed by atoms with Crippen LogP contribution in [-0.2, 0) is 4.74 Å². The lowest BCUT2D eigenvalue weighted by Crippen LogP contribution is -2.48. The highest BCUT2D eigenvalue weighted by Gasteiger charge is 2.41. The third-order valence-electron chi connectivity index (χ3n) is 6.05. The number of hydrogen-bond acceptors (Lipinski definition) is 2. The van der Waals surface area contributed by atoms with E-state index in [1.54, 1.807) is 0 Å². The fourth-order valence-electron chi connectivity index (χ4n) is 4.70. The monoisotopic (exact) mass is 295 g/mol. The number of nitrogens with two attached hydrogens (primary N) is 1. The molecule has 0 radical (unpaired) electrons. The third kappa shape index (κ3) is 4.45. The Hall–Kier alpha value is -0.0800. The van der Waals surface area contributed by atoms with Crippen molar-refractivity contribution in [1.82, 2.24) is 0 Å². The van der Waals surface area contributed by atoms with Crippen molar-refractivity contribution < 1.29 is 4.74 Å². The van der Waals surface area contributed by atoms with Crippen molar-refractivity contribution in [2.75, 3.05) is 6.54 Å². The Morgan fingerprint density at radius 3 is 1.95 bits per heavy atom. The first-order chi connectivity index (χ1) is 9.74. The molecule has 2 nitrogen and oxygen atoms in total. The van der Waals surface area contributed by atoms with Crippen molar-refractivity contribution in [2.24, 2.45) is 28.9 Å². The summed E-state index contributed by atoms with van der Waals surface area (Å²) in [4.78, 5) is 0. The zero-order chi connectivity index (χ0) is 15.7. The molecule has 2 aliphatic carbocycles. The summed E-state index contributed by atoms with van der Waals surface area (Å²) in [6.45, 7) is 12.6. The van der Waals surface area contributed by atoms with Gasteiger partial charge in [-0.25, -0.2) is 0 Å². The third-order valence-corrected chi connectivity index (χ3v) is 6.05. The molecule has 2 saturated carbocycles. The molecule has 0 aromatic heterocycles. The molecule has 0 heterocycles. The maximum absolute atomic E-state index is 6.65. The van der Waals surface area contributed by atoms with Crippen molar-refractivity contribution in [1.29, 1.82) is 0 Å². The summed E-state index contributed by atoms with van der Waals surface area (Å²) < 4.78 is 6.65. The lowest BCUT2D eigenvalue weighted by Gasteiger charge is -2.46. The van der Waals surface area contributed by atoms with Crippen LogP contribution in [0.4, 0.5) is 0 Å².